The molecule has 0 heterocycles. The highest BCUT2D eigenvalue weighted by Gasteiger charge is 2.50. The Morgan fingerprint density at radius 2 is 1.86 bits per heavy atom. The molecule has 2 aliphatic carbocycles. The third-order valence-electron chi connectivity index (χ3n) is 6.42. The molecule has 0 saturated heterocycles. The quantitative estimate of drug-likeness (QED) is 0.507. The lowest BCUT2D eigenvalue weighted by Crippen LogP contribution is -2.61. The Morgan fingerprint density at radius 3 is 2.41 bits per heavy atom. The Hall–Kier alpha value is -2.07. The lowest BCUT2D eigenvalue weighted by Gasteiger charge is -2.41. The second kappa shape index (κ2) is 10.1. The first-order valence-corrected chi connectivity index (χ1v) is 10.6. The Balaban J connectivity index is 2.23. The first kappa shape index (κ1) is 23.2. The van der Waals surface area contributed by atoms with Gasteiger partial charge in [-0.2, -0.15) is 0 Å². The molecule has 1 amide bonds. The van der Waals surface area contributed by atoms with E-state index in [1.165, 1.54) is 0 Å². The van der Waals surface area contributed by atoms with Crippen LogP contribution < -0.4 is 5.32 Å². The van der Waals surface area contributed by atoms with Crippen LogP contribution in [0, 0.1) is 23.2 Å². The zero-order chi connectivity index (χ0) is 21.5. The summed E-state index contributed by atoms with van der Waals surface area (Å²) in [7, 11) is 0. The summed E-state index contributed by atoms with van der Waals surface area (Å²) in [4.78, 5) is 37.3. The predicted octanol–water partition coefficient (Wildman–Crippen LogP) is 2.97. The summed E-state index contributed by atoms with van der Waals surface area (Å²) in [6.45, 7) is 4.02. The van der Waals surface area contributed by atoms with Gasteiger partial charge < -0.3 is 20.3 Å². The van der Waals surface area contributed by atoms with E-state index in [0.29, 0.717) is 32.3 Å². The van der Waals surface area contributed by atoms with Crippen molar-refractivity contribution >= 4 is 17.8 Å². The van der Waals surface area contributed by atoms with Crippen LogP contribution >= 0.6 is 0 Å². The highest BCUT2D eigenvalue weighted by atomic mass is 16.5. The van der Waals surface area contributed by atoms with Crippen molar-refractivity contribution in [2.24, 2.45) is 11.3 Å². The summed E-state index contributed by atoms with van der Waals surface area (Å²) >= 11 is 0. The molecule has 0 radical (unpaired) electrons. The molecule has 0 spiro atoms. The predicted molar refractivity (Wildman–Crippen MR) is 107 cm³/mol. The molecule has 3 atom stereocenters. The van der Waals surface area contributed by atoms with E-state index in [0.717, 1.165) is 19.3 Å². The maximum Gasteiger partial charge on any atom is 0.329 e. The number of carboxylic acids is 2. The van der Waals surface area contributed by atoms with Crippen molar-refractivity contribution < 1.29 is 29.3 Å². The summed E-state index contributed by atoms with van der Waals surface area (Å²) < 4.78 is 5.65. The van der Waals surface area contributed by atoms with Crippen LogP contribution in [0.25, 0.3) is 0 Å². The van der Waals surface area contributed by atoms with Crippen LogP contribution in [0.5, 0.6) is 0 Å². The van der Waals surface area contributed by atoms with E-state index in [1.807, 2.05) is 6.92 Å². The zero-order valence-electron chi connectivity index (χ0n) is 17.5. The standard InChI is InChI=1S/C22H33NO6/c1-3-5-9-16(18(24)25)14-21(11-6-7-12-21)19(26)23-22(20(27)28)13-8-10-17(15-22)29-4-2/h16-17H,4,6-15H2,1-2H3,(H,23,26)(H,24,25)(H,27,28)/t16?,17-,22+/m1/s1. The van der Waals surface area contributed by atoms with Crippen molar-refractivity contribution in [1.82, 2.24) is 5.32 Å². The van der Waals surface area contributed by atoms with Crippen molar-refractivity contribution in [3.63, 3.8) is 0 Å². The number of carboxylic acid groups (broad SMARTS) is 2. The molecule has 1 unspecified atom stereocenters. The molecule has 2 fully saturated rings. The molecular weight excluding hydrogens is 374 g/mol. The number of nitrogens with one attached hydrogen (secondary N) is 1. The molecule has 0 aliphatic heterocycles. The van der Waals surface area contributed by atoms with Crippen LogP contribution in [0.15, 0.2) is 0 Å². The van der Waals surface area contributed by atoms with Crippen molar-refractivity contribution in [2.45, 2.75) is 89.7 Å². The Kier molecular flexibility index (Phi) is 8.09. The summed E-state index contributed by atoms with van der Waals surface area (Å²) in [5.74, 6) is 2.45. The van der Waals surface area contributed by atoms with Crippen LogP contribution in [0.3, 0.4) is 0 Å². The molecule has 0 aromatic rings. The van der Waals surface area contributed by atoms with Gasteiger partial charge in [-0.3, -0.25) is 9.59 Å². The second-order valence-corrected chi connectivity index (χ2v) is 8.37. The molecule has 7 heteroatoms. The number of carbonyl (C=O) groups excluding carboxylic acids is 1. The smallest absolute Gasteiger partial charge is 0.329 e. The normalized spacial score (nSPS) is 26.8. The number of amides is 1. The SMILES string of the molecule is CC#CCC(CC1(C(=O)N[C@@]2(C(=O)O)CCC[C@@H](OCC)C2)CCCC1)C(=O)O. The average Bonchev–Trinajstić information content (AvgIpc) is 3.15. The maximum absolute atomic E-state index is 13.4. The fraction of sp³-hybridized carbons (Fsp3) is 0.773. The van der Waals surface area contributed by atoms with Crippen LogP contribution in [0.4, 0.5) is 0 Å². The Labute approximate surface area is 172 Å². The van der Waals surface area contributed by atoms with Crippen LogP contribution in [0.2, 0.25) is 0 Å². The van der Waals surface area contributed by atoms with Crippen molar-refractivity contribution in [3.05, 3.63) is 0 Å². The van der Waals surface area contributed by atoms with E-state index in [1.54, 1.807) is 6.92 Å². The summed E-state index contributed by atoms with van der Waals surface area (Å²) in [6, 6.07) is 0. The molecule has 0 aromatic heterocycles. The number of ether oxygens (including phenoxy) is 1. The highest BCUT2D eigenvalue weighted by molar-refractivity contribution is 5.90. The minimum atomic E-state index is -1.35. The van der Waals surface area contributed by atoms with Gasteiger partial charge in [0.05, 0.1) is 17.4 Å². The monoisotopic (exact) mass is 407 g/mol. The number of hydrogen-bond acceptors (Lipinski definition) is 4. The molecular formula is C22H33NO6. The first-order chi connectivity index (χ1) is 13.8. The van der Waals surface area contributed by atoms with Gasteiger partial charge in [-0.15, -0.1) is 11.8 Å². The van der Waals surface area contributed by atoms with Gasteiger partial charge in [0, 0.05) is 19.4 Å². The van der Waals surface area contributed by atoms with E-state index in [4.69, 9.17) is 4.74 Å². The highest BCUT2D eigenvalue weighted by Crippen LogP contribution is 2.45. The van der Waals surface area contributed by atoms with E-state index in [9.17, 15) is 24.6 Å². The molecule has 2 aliphatic rings. The molecule has 3 N–H and O–H groups in total. The van der Waals surface area contributed by atoms with Gasteiger partial charge in [-0.05, 0) is 52.4 Å². The van der Waals surface area contributed by atoms with E-state index in [-0.39, 0.29) is 31.3 Å². The van der Waals surface area contributed by atoms with Crippen molar-refractivity contribution in [2.75, 3.05) is 6.61 Å². The van der Waals surface area contributed by atoms with Gasteiger partial charge in [0.15, 0.2) is 0 Å². The maximum atomic E-state index is 13.4. The fourth-order valence-electron chi connectivity index (χ4n) is 4.83. The number of hydrogen-bond donors (Lipinski definition) is 3. The van der Waals surface area contributed by atoms with E-state index >= 15 is 0 Å². The minimum Gasteiger partial charge on any atom is -0.481 e. The Bertz CT molecular complexity index is 671. The van der Waals surface area contributed by atoms with Crippen LogP contribution in [-0.2, 0) is 19.1 Å². The molecule has 162 valence electrons. The minimum absolute atomic E-state index is 0.188. The molecule has 29 heavy (non-hydrogen) atoms. The largest absolute Gasteiger partial charge is 0.481 e. The second-order valence-electron chi connectivity index (χ2n) is 8.37. The summed E-state index contributed by atoms with van der Waals surface area (Å²) in [5, 5.41) is 22.4. The third kappa shape index (κ3) is 5.51. The number of carbonyl (C=O) groups is 3. The molecule has 2 saturated carbocycles. The topological polar surface area (TPSA) is 113 Å². The average molecular weight is 408 g/mol. The van der Waals surface area contributed by atoms with Gasteiger partial charge in [0.2, 0.25) is 5.91 Å². The third-order valence-corrected chi connectivity index (χ3v) is 6.42. The molecule has 7 nitrogen and oxygen atoms in total. The van der Waals surface area contributed by atoms with Crippen molar-refractivity contribution in [3.8, 4) is 11.8 Å². The first-order valence-electron chi connectivity index (χ1n) is 10.6. The fourth-order valence-corrected chi connectivity index (χ4v) is 4.83. The molecule has 0 aromatic carbocycles. The Morgan fingerprint density at radius 1 is 1.17 bits per heavy atom. The zero-order valence-corrected chi connectivity index (χ0v) is 17.5. The van der Waals surface area contributed by atoms with E-state index in [2.05, 4.69) is 17.2 Å². The lowest BCUT2D eigenvalue weighted by molar-refractivity contribution is -0.155. The van der Waals surface area contributed by atoms with Gasteiger partial charge in [-0.25, -0.2) is 4.79 Å². The lowest BCUT2D eigenvalue weighted by atomic mass is 9.74. The van der Waals surface area contributed by atoms with E-state index < -0.39 is 28.8 Å². The van der Waals surface area contributed by atoms with Crippen LogP contribution in [-0.4, -0.2) is 46.3 Å². The molecule has 2 rings (SSSR count). The molecule has 0 bridgehead atoms. The van der Waals surface area contributed by atoms with Crippen LogP contribution in [0.1, 0.15) is 78.1 Å². The van der Waals surface area contributed by atoms with Gasteiger partial charge >= 0.3 is 11.9 Å². The number of rotatable bonds is 9. The van der Waals surface area contributed by atoms with Crippen molar-refractivity contribution in [1.29, 1.82) is 0 Å². The van der Waals surface area contributed by atoms with Gasteiger partial charge in [0.25, 0.3) is 0 Å². The van der Waals surface area contributed by atoms with Gasteiger partial charge in [0.1, 0.15) is 5.54 Å². The summed E-state index contributed by atoms with van der Waals surface area (Å²) in [6.07, 6.45) is 5.04. The summed E-state index contributed by atoms with van der Waals surface area (Å²) in [5.41, 5.74) is -2.20. The van der Waals surface area contributed by atoms with Gasteiger partial charge in [-0.1, -0.05) is 12.8 Å². The number of aliphatic carboxylic acids is 2.